The fourth-order valence-electron chi connectivity index (χ4n) is 3.30. The molecule has 1 saturated carbocycles. The zero-order valence-electron chi connectivity index (χ0n) is 11.2. The van der Waals surface area contributed by atoms with E-state index in [1.807, 2.05) is 0 Å². The fourth-order valence-corrected chi connectivity index (χ4v) is 3.63. The van der Waals surface area contributed by atoms with E-state index in [4.69, 9.17) is 5.73 Å². The molecule has 0 aromatic heterocycles. The summed E-state index contributed by atoms with van der Waals surface area (Å²) in [4.78, 5) is 0. The Hall–Kier alpha value is -0.450. The Morgan fingerprint density at radius 2 is 2.32 bits per heavy atom. The zero-order chi connectivity index (χ0) is 14.0. The van der Waals surface area contributed by atoms with Gasteiger partial charge in [-0.05, 0) is 30.9 Å². The second kappa shape index (κ2) is 5.90. The molecule has 1 aliphatic carbocycles. The lowest BCUT2D eigenvalue weighted by Crippen LogP contribution is -2.41. The van der Waals surface area contributed by atoms with Crippen LogP contribution in [0.1, 0.15) is 44.3 Å². The van der Waals surface area contributed by atoms with Crippen LogP contribution < -0.4 is 5.73 Å². The maximum absolute atomic E-state index is 14.0. The van der Waals surface area contributed by atoms with E-state index in [1.165, 1.54) is 6.07 Å². The molecule has 3 N–H and O–H groups in total. The number of rotatable bonds is 3. The van der Waals surface area contributed by atoms with Crippen molar-refractivity contribution in [3.05, 3.63) is 34.1 Å². The highest BCUT2D eigenvalue weighted by atomic mass is 79.9. The minimum atomic E-state index is -0.826. The van der Waals surface area contributed by atoms with Crippen LogP contribution in [0.3, 0.4) is 0 Å². The maximum Gasteiger partial charge on any atom is 0.130 e. The third-order valence-electron chi connectivity index (χ3n) is 4.37. The van der Waals surface area contributed by atoms with Crippen molar-refractivity contribution >= 4 is 15.9 Å². The third-order valence-corrected chi connectivity index (χ3v) is 4.86. The first-order valence-corrected chi connectivity index (χ1v) is 7.61. The zero-order valence-corrected chi connectivity index (χ0v) is 12.8. The van der Waals surface area contributed by atoms with Gasteiger partial charge in [-0.3, -0.25) is 0 Å². The van der Waals surface area contributed by atoms with Gasteiger partial charge in [0.05, 0.1) is 6.10 Å². The molecule has 0 radical (unpaired) electrons. The summed E-state index contributed by atoms with van der Waals surface area (Å²) >= 11 is 3.24. The largest absolute Gasteiger partial charge is 0.388 e. The van der Waals surface area contributed by atoms with Crippen LogP contribution in [0.4, 0.5) is 4.39 Å². The number of halogens is 2. The number of hydrogen-bond acceptors (Lipinski definition) is 2. The monoisotopic (exact) mass is 329 g/mol. The highest BCUT2D eigenvalue weighted by Gasteiger charge is 2.41. The molecule has 0 spiro atoms. The maximum atomic E-state index is 14.0. The van der Waals surface area contributed by atoms with Gasteiger partial charge in [-0.1, -0.05) is 41.8 Å². The first kappa shape index (κ1) is 14.9. The Kier molecular flexibility index (Phi) is 4.64. The second-order valence-corrected chi connectivity index (χ2v) is 6.75. The van der Waals surface area contributed by atoms with E-state index in [2.05, 4.69) is 22.9 Å². The molecule has 19 heavy (non-hydrogen) atoms. The van der Waals surface area contributed by atoms with Crippen molar-refractivity contribution in [1.29, 1.82) is 0 Å². The van der Waals surface area contributed by atoms with E-state index in [0.29, 0.717) is 22.5 Å². The number of nitrogens with two attached hydrogens (primary N) is 1. The summed E-state index contributed by atoms with van der Waals surface area (Å²) in [6.45, 7) is 2.57. The van der Waals surface area contributed by atoms with Gasteiger partial charge in [0.15, 0.2) is 0 Å². The van der Waals surface area contributed by atoms with Crippen molar-refractivity contribution in [2.24, 2.45) is 17.1 Å². The number of benzene rings is 1. The lowest BCUT2D eigenvalue weighted by atomic mass is 9.65. The van der Waals surface area contributed by atoms with Gasteiger partial charge in [0.2, 0.25) is 0 Å². The van der Waals surface area contributed by atoms with Crippen molar-refractivity contribution in [2.75, 3.05) is 6.54 Å². The molecule has 4 heteroatoms. The first-order chi connectivity index (χ1) is 8.98. The Balaban J connectivity index is 2.32. The minimum Gasteiger partial charge on any atom is -0.388 e. The topological polar surface area (TPSA) is 46.2 Å². The summed E-state index contributed by atoms with van der Waals surface area (Å²) in [5, 5.41) is 10.6. The lowest BCUT2D eigenvalue weighted by molar-refractivity contribution is -0.0150. The van der Waals surface area contributed by atoms with Crippen molar-refractivity contribution in [3.8, 4) is 0 Å². The summed E-state index contributed by atoms with van der Waals surface area (Å²) in [6.07, 6.45) is 3.11. The molecule has 106 valence electrons. The molecule has 0 aliphatic heterocycles. The Bertz CT molecular complexity index is 454. The van der Waals surface area contributed by atoms with Crippen molar-refractivity contribution < 1.29 is 9.50 Å². The highest BCUT2D eigenvalue weighted by Crippen LogP contribution is 2.47. The summed E-state index contributed by atoms with van der Waals surface area (Å²) < 4.78 is 14.7. The van der Waals surface area contributed by atoms with Crippen molar-refractivity contribution in [1.82, 2.24) is 0 Å². The SMILES string of the molecule is CC1CCCC(CN)(C(O)c2ccc(Br)cc2F)C1. The molecule has 0 bridgehead atoms. The van der Waals surface area contributed by atoms with Crippen LogP contribution in [0, 0.1) is 17.2 Å². The molecule has 3 atom stereocenters. The van der Waals surface area contributed by atoms with Crippen molar-refractivity contribution in [2.45, 2.75) is 38.7 Å². The van der Waals surface area contributed by atoms with Crippen LogP contribution >= 0.6 is 15.9 Å². The van der Waals surface area contributed by atoms with E-state index < -0.39 is 6.10 Å². The van der Waals surface area contributed by atoms with Crippen LogP contribution in [-0.4, -0.2) is 11.7 Å². The molecule has 0 heterocycles. The molecular formula is C15H21BrFNO. The summed E-state index contributed by atoms with van der Waals surface area (Å²) in [6, 6.07) is 4.81. The third kappa shape index (κ3) is 3.01. The van der Waals surface area contributed by atoms with E-state index in [9.17, 15) is 9.50 Å². The van der Waals surface area contributed by atoms with E-state index in [-0.39, 0.29) is 11.2 Å². The van der Waals surface area contributed by atoms with Gasteiger partial charge in [-0.25, -0.2) is 4.39 Å². The van der Waals surface area contributed by atoms with Crippen molar-refractivity contribution in [3.63, 3.8) is 0 Å². The number of aliphatic hydroxyl groups is 1. The quantitative estimate of drug-likeness (QED) is 0.886. The normalized spacial score (nSPS) is 29.2. The average Bonchev–Trinajstić information content (AvgIpc) is 2.38. The van der Waals surface area contributed by atoms with E-state index in [0.717, 1.165) is 25.7 Å². The average molecular weight is 330 g/mol. The molecule has 2 rings (SSSR count). The van der Waals surface area contributed by atoms with Gasteiger partial charge < -0.3 is 10.8 Å². The molecule has 1 aliphatic rings. The van der Waals surface area contributed by atoms with E-state index >= 15 is 0 Å². The van der Waals surface area contributed by atoms with Gasteiger partial charge in [-0.2, -0.15) is 0 Å². The van der Waals surface area contributed by atoms with Gasteiger partial charge >= 0.3 is 0 Å². The predicted molar refractivity (Wildman–Crippen MR) is 78.2 cm³/mol. The molecule has 3 unspecified atom stereocenters. The Labute approximate surface area is 122 Å². The molecule has 0 saturated heterocycles. The summed E-state index contributed by atoms with van der Waals surface area (Å²) in [7, 11) is 0. The minimum absolute atomic E-state index is 0.364. The summed E-state index contributed by atoms with van der Waals surface area (Å²) in [5.74, 6) is 0.165. The van der Waals surface area contributed by atoms with Gasteiger partial charge in [0.1, 0.15) is 5.82 Å². The van der Waals surface area contributed by atoms with E-state index in [1.54, 1.807) is 12.1 Å². The standard InChI is InChI=1S/C15H21BrFNO/c1-10-3-2-6-15(8-10,9-18)14(19)12-5-4-11(16)7-13(12)17/h4-5,7,10,14,19H,2-3,6,8-9,18H2,1H3. The van der Waals surface area contributed by atoms with Crippen LogP contribution in [0.5, 0.6) is 0 Å². The Morgan fingerprint density at radius 3 is 2.89 bits per heavy atom. The fraction of sp³-hybridized carbons (Fsp3) is 0.600. The highest BCUT2D eigenvalue weighted by molar-refractivity contribution is 9.10. The molecule has 0 amide bonds. The van der Waals surface area contributed by atoms with Gasteiger partial charge in [0, 0.05) is 22.0 Å². The molecule has 1 aromatic rings. The Morgan fingerprint density at radius 1 is 1.58 bits per heavy atom. The van der Waals surface area contributed by atoms with Crippen LogP contribution in [-0.2, 0) is 0 Å². The van der Waals surface area contributed by atoms with Gasteiger partial charge in [-0.15, -0.1) is 0 Å². The van der Waals surface area contributed by atoms with Crippen LogP contribution in [0.25, 0.3) is 0 Å². The van der Waals surface area contributed by atoms with Crippen LogP contribution in [0.2, 0.25) is 0 Å². The smallest absolute Gasteiger partial charge is 0.130 e. The lowest BCUT2D eigenvalue weighted by Gasteiger charge is -2.43. The first-order valence-electron chi connectivity index (χ1n) is 6.81. The van der Waals surface area contributed by atoms with Crippen LogP contribution in [0.15, 0.2) is 22.7 Å². The number of aliphatic hydroxyl groups excluding tert-OH is 1. The molecule has 2 nitrogen and oxygen atoms in total. The predicted octanol–water partition coefficient (Wildman–Crippen LogP) is 3.78. The van der Waals surface area contributed by atoms with Gasteiger partial charge in [0.25, 0.3) is 0 Å². The summed E-state index contributed by atoms with van der Waals surface area (Å²) in [5.41, 5.74) is 5.91. The molecule has 1 aromatic carbocycles. The molecular weight excluding hydrogens is 309 g/mol. The molecule has 1 fully saturated rings. The second-order valence-electron chi connectivity index (χ2n) is 5.84. The number of hydrogen-bond donors (Lipinski definition) is 2.